The van der Waals surface area contributed by atoms with E-state index in [1.54, 1.807) is 19.1 Å². The highest BCUT2D eigenvalue weighted by atomic mass is 16.5. The number of hydrogen-bond donors (Lipinski definition) is 1. The molecular weight excluding hydrogens is 338 g/mol. The molecule has 0 atom stereocenters. The van der Waals surface area contributed by atoms with E-state index in [-0.39, 0.29) is 11.9 Å². The normalized spacial score (nSPS) is 10.6. The molecule has 0 saturated heterocycles. The van der Waals surface area contributed by atoms with Crippen molar-refractivity contribution in [2.45, 2.75) is 26.7 Å². The van der Waals surface area contributed by atoms with Crippen LogP contribution in [0, 0.1) is 6.92 Å². The van der Waals surface area contributed by atoms with E-state index in [2.05, 4.69) is 29.6 Å². The highest BCUT2D eigenvalue weighted by Crippen LogP contribution is 2.21. The second kappa shape index (κ2) is 8.49. The molecule has 4 nitrogen and oxygen atoms in total. The van der Waals surface area contributed by atoms with Crippen LogP contribution in [0.2, 0.25) is 0 Å². The summed E-state index contributed by atoms with van der Waals surface area (Å²) in [4.78, 5) is 24.3. The highest BCUT2D eigenvalue weighted by molar-refractivity contribution is 5.95. The van der Waals surface area contributed by atoms with Crippen molar-refractivity contribution in [1.29, 1.82) is 0 Å². The standard InChI is InChI=1S/C23H23NO3/c1-3-27-23(26)19-12-11-16(2)21(15-19)24-22(25)14-13-18-9-6-8-17-7-4-5-10-20(17)18/h4-12,15H,3,13-14H2,1-2H3,(H,24,25). The molecule has 0 aromatic heterocycles. The Kier molecular flexibility index (Phi) is 5.87. The van der Waals surface area contributed by atoms with Crippen LogP contribution < -0.4 is 5.32 Å². The number of carbonyl (C=O) groups excluding carboxylic acids is 2. The maximum atomic E-state index is 12.5. The van der Waals surface area contributed by atoms with Gasteiger partial charge in [0.1, 0.15) is 0 Å². The predicted octanol–water partition coefficient (Wildman–Crippen LogP) is 4.90. The molecule has 0 heterocycles. The highest BCUT2D eigenvalue weighted by Gasteiger charge is 2.11. The molecule has 4 heteroatoms. The topological polar surface area (TPSA) is 55.4 Å². The molecule has 0 aliphatic carbocycles. The molecular formula is C23H23NO3. The van der Waals surface area contributed by atoms with Crippen LogP contribution in [0.3, 0.4) is 0 Å². The number of esters is 1. The van der Waals surface area contributed by atoms with Crippen LogP contribution in [-0.4, -0.2) is 18.5 Å². The summed E-state index contributed by atoms with van der Waals surface area (Å²) < 4.78 is 5.02. The van der Waals surface area contributed by atoms with Crippen LogP contribution in [0.5, 0.6) is 0 Å². The third kappa shape index (κ3) is 4.53. The van der Waals surface area contributed by atoms with Gasteiger partial charge in [0.25, 0.3) is 0 Å². The molecule has 27 heavy (non-hydrogen) atoms. The molecule has 0 spiro atoms. The Morgan fingerprint density at radius 1 is 1.00 bits per heavy atom. The van der Waals surface area contributed by atoms with Gasteiger partial charge in [-0.05, 0) is 54.3 Å². The first-order valence-electron chi connectivity index (χ1n) is 9.12. The molecule has 0 radical (unpaired) electrons. The van der Waals surface area contributed by atoms with Gasteiger partial charge in [-0.1, -0.05) is 48.5 Å². The van der Waals surface area contributed by atoms with Crippen molar-refractivity contribution in [2.24, 2.45) is 0 Å². The Morgan fingerprint density at radius 2 is 1.78 bits per heavy atom. The van der Waals surface area contributed by atoms with Gasteiger partial charge in [0.2, 0.25) is 5.91 Å². The zero-order valence-corrected chi connectivity index (χ0v) is 15.6. The van der Waals surface area contributed by atoms with E-state index in [1.165, 1.54) is 10.8 Å². The lowest BCUT2D eigenvalue weighted by Crippen LogP contribution is -2.14. The number of aryl methyl sites for hydroxylation is 2. The smallest absolute Gasteiger partial charge is 0.338 e. The molecule has 0 aliphatic rings. The van der Waals surface area contributed by atoms with E-state index in [0.717, 1.165) is 11.1 Å². The Bertz CT molecular complexity index is 973. The molecule has 0 saturated carbocycles. The van der Waals surface area contributed by atoms with Gasteiger partial charge in [-0.15, -0.1) is 0 Å². The summed E-state index contributed by atoms with van der Waals surface area (Å²) in [6.45, 7) is 3.98. The van der Waals surface area contributed by atoms with Crippen molar-refractivity contribution in [2.75, 3.05) is 11.9 Å². The minimum Gasteiger partial charge on any atom is -0.462 e. The van der Waals surface area contributed by atoms with Crippen molar-refractivity contribution in [1.82, 2.24) is 0 Å². The van der Waals surface area contributed by atoms with E-state index >= 15 is 0 Å². The van der Waals surface area contributed by atoms with Crippen LogP contribution >= 0.6 is 0 Å². The zero-order chi connectivity index (χ0) is 19.2. The van der Waals surface area contributed by atoms with Gasteiger partial charge in [0.15, 0.2) is 0 Å². The first-order valence-corrected chi connectivity index (χ1v) is 9.12. The molecule has 3 aromatic carbocycles. The molecule has 3 rings (SSSR count). The predicted molar refractivity (Wildman–Crippen MR) is 108 cm³/mol. The van der Waals surface area contributed by atoms with Gasteiger partial charge in [-0.2, -0.15) is 0 Å². The van der Waals surface area contributed by atoms with Crippen LogP contribution in [0.25, 0.3) is 10.8 Å². The molecule has 1 N–H and O–H groups in total. The fourth-order valence-electron chi connectivity index (χ4n) is 3.07. The largest absolute Gasteiger partial charge is 0.462 e. The average molecular weight is 361 g/mol. The number of nitrogens with one attached hydrogen (secondary N) is 1. The Balaban J connectivity index is 1.69. The quantitative estimate of drug-likeness (QED) is 0.636. The SMILES string of the molecule is CCOC(=O)c1ccc(C)c(NC(=O)CCc2cccc3ccccc23)c1. The number of fused-ring (bicyclic) bond motifs is 1. The van der Waals surface area contributed by atoms with Crippen molar-refractivity contribution in [3.63, 3.8) is 0 Å². The van der Waals surface area contributed by atoms with Gasteiger partial charge in [0, 0.05) is 12.1 Å². The number of hydrogen-bond acceptors (Lipinski definition) is 3. The minimum atomic E-state index is -0.385. The second-order valence-corrected chi connectivity index (χ2v) is 6.44. The molecule has 0 fully saturated rings. The van der Waals surface area contributed by atoms with Crippen LogP contribution in [-0.2, 0) is 16.0 Å². The summed E-state index contributed by atoms with van der Waals surface area (Å²) in [5.74, 6) is -0.462. The summed E-state index contributed by atoms with van der Waals surface area (Å²) in [5, 5.41) is 5.27. The third-order valence-corrected chi connectivity index (χ3v) is 4.52. The number of ether oxygens (including phenoxy) is 1. The average Bonchev–Trinajstić information content (AvgIpc) is 2.68. The van der Waals surface area contributed by atoms with Gasteiger partial charge < -0.3 is 10.1 Å². The molecule has 0 bridgehead atoms. The molecule has 1 amide bonds. The summed E-state index contributed by atoms with van der Waals surface area (Å²) >= 11 is 0. The Morgan fingerprint density at radius 3 is 2.59 bits per heavy atom. The van der Waals surface area contributed by atoms with E-state index < -0.39 is 0 Å². The van der Waals surface area contributed by atoms with Crippen LogP contribution in [0.1, 0.15) is 34.8 Å². The van der Waals surface area contributed by atoms with Crippen LogP contribution in [0.4, 0.5) is 5.69 Å². The summed E-state index contributed by atoms with van der Waals surface area (Å²) in [6, 6.07) is 19.5. The van der Waals surface area contributed by atoms with E-state index in [1.807, 2.05) is 31.2 Å². The first kappa shape index (κ1) is 18.6. The number of carbonyl (C=O) groups is 2. The van der Waals surface area contributed by atoms with E-state index in [0.29, 0.717) is 30.7 Å². The number of anilines is 1. The lowest BCUT2D eigenvalue weighted by atomic mass is 10.0. The maximum absolute atomic E-state index is 12.5. The molecule has 138 valence electrons. The number of rotatable bonds is 6. The Hall–Kier alpha value is -3.14. The van der Waals surface area contributed by atoms with Crippen molar-refractivity contribution >= 4 is 28.3 Å². The molecule has 0 aliphatic heterocycles. The van der Waals surface area contributed by atoms with Crippen molar-refractivity contribution in [3.05, 3.63) is 77.4 Å². The second-order valence-electron chi connectivity index (χ2n) is 6.44. The lowest BCUT2D eigenvalue weighted by Gasteiger charge is -2.11. The zero-order valence-electron chi connectivity index (χ0n) is 15.6. The minimum absolute atomic E-state index is 0.0768. The van der Waals surface area contributed by atoms with E-state index in [9.17, 15) is 9.59 Å². The maximum Gasteiger partial charge on any atom is 0.338 e. The van der Waals surface area contributed by atoms with E-state index in [4.69, 9.17) is 4.74 Å². The fraction of sp³-hybridized carbons (Fsp3) is 0.217. The summed E-state index contributed by atoms with van der Waals surface area (Å²) in [5.41, 5.74) is 3.14. The summed E-state index contributed by atoms with van der Waals surface area (Å²) in [6.07, 6.45) is 1.03. The van der Waals surface area contributed by atoms with Gasteiger partial charge in [-0.25, -0.2) is 4.79 Å². The fourth-order valence-corrected chi connectivity index (χ4v) is 3.07. The van der Waals surface area contributed by atoms with Gasteiger partial charge >= 0.3 is 5.97 Å². The lowest BCUT2D eigenvalue weighted by molar-refractivity contribution is -0.116. The molecule has 0 unspecified atom stereocenters. The van der Waals surface area contributed by atoms with Crippen molar-refractivity contribution in [3.8, 4) is 0 Å². The van der Waals surface area contributed by atoms with Crippen molar-refractivity contribution < 1.29 is 14.3 Å². The Labute approximate surface area is 159 Å². The summed E-state index contributed by atoms with van der Waals surface area (Å²) in [7, 11) is 0. The van der Waals surface area contributed by atoms with Crippen LogP contribution in [0.15, 0.2) is 60.7 Å². The molecule has 3 aromatic rings. The number of amides is 1. The third-order valence-electron chi connectivity index (χ3n) is 4.52. The van der Waals surface area contributed by atoms with Gasteiger partial charge in [-0.3, -0.25) is 4.79 Å². The van der Waals surface area contributed by atoms with Gasteiger partial charge in [0.05, 0.1) is 12.2 Å². The number of benzene rings is 3. The first-order chi connectivity index (χ1) is 13.1. The monoisotopic (exact) mass is 361 g/mol.